The molecular formula is C20H16F2N2O2S. The Morgan fingerprint density at radius 1 is 1.07 bits per heavy atom. The number of hydrogen-bond donors (Lipinski definition) is 1. The summed E-state index contributed by atoms with van der Waals surface area (Å²) in [5, 5.41) is 6.01. The van der Waals surface area contributed by atoms with Gasteiger partial charge in [-0.3, -0.25) is 4.79 Å². The molecule has 7 heteroatoms. The van der Waals surface area contributed by atoms with Gasteiger partial charge in [0.2, 0.25) is 5.91 Å². The van der Waals surface area contributed by atoms with E-state index >= 15 is 0 Å². The maximum absolute atomic E-state index is 12.4. The fourth-order valence-electron chi connectivity index (χ4n) is 2.46. The van der Waals surface area contributed by atoms with Crippen LogP contribution >= 0.6 is 11.8 Å². The van der Waals surface area contributed by atoms with Crippen molar-refractivity contribution in [2.24, 2.45) is 5.10 Å². The Hall–Kier alpha value is -2.93. The lowest BCUT2D eigenvalue weighted by molar-refractivity contribution is -0.118. The zero-order valence-corrected chi connectivity index (χ0v) is 15.0. The van der Waals surface area contributed by atoms with Crippen LogP contribution in [0.4, 0.5) is 8.78 Å². The lowest BCUT2D eigenvalue weighted by atomic mass is 10.1. The maximum atomic E-state index is 12.4. The fourth-order valence-corrected chi connectivity index (χ4v) is 3.33. The minimum absolute atomic E-state index is 0.00405. The van der Waals surface area contributed by atoms with Gasteiger partial charge in [0, 0.05) is 10.5 Å². The van der Waals surface area contributed by atoms with Gasteiger partial charge in [-0.15, -0.1) is 11.8 Å². The van der Waals surface area contributed by atoms with Crippen LogP contribution in [0.3, 0.4) is 0 Å². The number of halogens is 2. The Kier molecular flexibility index (Phi) is 6.38. The predicted molar refractivity (Wildman–Crippen MR) is 103 cm³/mol. The molecule has 0 aliphatic rings. The van der Waals surface area contributed by atoms with Crippen LogP contribution in [0.5, 0.6) is 5.75 Å². The van der Waals surface area contributed by atoms with E-state index in [9.17, 15) is 13.6 Å². The summed E-state index contributed by atoms with van der Waals surface area (Å²) >= 11 is 1.41. The van der Waals surface area contributed by atoms with Crippen molar-refractivity contribution in [3.8, 4) is 5.75 Å². The second kappa shape index (κ2) is 9.14. The average molecular weight is 386 g/mol. The van der Waals surface area contributed by atoms with Gasteiger partial charge in [0.1, 0.15) is 5.75 Å². The minimum Gasteiger partial charge on any atom is -0.434 e. The lowest BCUT2D eigenvalue weighted by Gasteiger charge is -2.07. The van der Waals surface area contributed by atoms with E-state index in [2.05, 4.69) is 15.3 Å². The van der Waals surface area contributed by atoms with E-state index in [4.69, 9.17) is 0 Å². The molecule has 3 rings (SSSR count). The summed E-state index contributed by atoms with van der Waals surface area (Å²) in [6.45, 7) is -2.92. The number of ether oxygens (including phenoxy) is 1. The van der Waals surface area contributed by atoms with Crippen LogP contribution in [0.25, 0.3) is 10.8 Å². The first-order chi connectivity index (χ1) is 13.1. The van der Waals surface area contributed by atoms with Crippen molar-refractivity contribution < 1.29 is 18.3 Å². The summed E-state index contributed by atoms with van der Waals surface area (Å²) in [6, 6.07) is 20.1. The summed E-state index contributed by atoms with van der Waals surface area (Å²) < 4.78 is 29.2. The molecule has 138 valence electrons. The first kappa shape index (κ1) is 18.8. The number of hydrazone groups is 1. The highest BCUT2D eigenvalue weighted by molar-refractivity contribution is 8.00. The van der Waals surface area contributed by atoms with Crippen molar-refractivity contribution in [1.29, 1.82) is 0 Å². The normalized spacial score (nSPS) is 11.2. The zero-order chi connectivity index (χ0) is 19.1. The van der Waals surface area contributed by atoms with Crippen molar-refractivity contribution in [3.63, 3.8) is 0 Å². The van der Waals surface area contributed by atoms with Gasteiger partial charge in [-0.1, -0.05) is 48.5 Å². The topological polar surface area (TPSA) is 50.7 Å². The van der Waals surface area contributed by atoms with Crippen molar-refractivity contribution in [3.05, 3.63) is 72.3 Å². The second-order valence-corrected chi connectivity index (χ2v) is 6.49. The number of hydrogen-bond acceptors (Lipinski definition) is 4. The van der Waals surface area contributed by atoms with Gasteiger partial charge < -0.3 is 4.74 Å². The first-order valence-electron chi connectivity index (χ1n) is 8.10. The molecule has 0 saturated heterocycles. The minimum atomic E-state index is -2.92. The largest absolute Gasteiger partial charge is 0.434 e. The number of amides is 1. The van der Waals surface area contributed by atoms with Crippen molar-refractivity contribution in [2.75, 3.05) is 5.75 Å². The monoisotopic (exact) mass is 386 g/mol. The Labute approximate surface area is 159 Å². The average Bonchev–Trinajstić information content (AvgIpc) is 2.67. The maximum Gasteiger partial charge on any atom is 0.387 e. The molecular weight excluding hydrogens is 370 g/mol. The number of alkyl halides is 2. The Morgan fingerprint density at radius 2 is 1.81 bits per heavy atom. The third-order valence-corrected chi connectivity index (χ3v) is 4.71. The highest BCUT2D eigenvalue weighted by atomic mass is 32.2. The van der Waals surface area contributed by atoms with Gasteiger partial charge in [-0.05, 0) is 29.0 Å². The summed E-state index contributed by atoms with van der Waals surface area (Å²) in [4.78, 5) is 13.0. The molecule has 27 heavy (non-hydrogen) atoms. The van der Waals surface area contributed by atoms with Crippen LogP contribution in [-0.2, 0) is 4.79 Å². The second-order valence-electron chi connectivity index (χ2n) is 5.48. The van der Waals surface area contributed by atoms with Crippen molar-refractivity contribution >= 4 is 34.7 Å². The molecule has 0 radical (unpaired) electrons. The molecule has 0 aromatic heterocycles. The standard InChI is InChI=1S/C20H16F2N2O2S/c21-20(22)26-17-10-4-2-7-15(17)12-23-24-19(25)13-27-18-11-5-8-14-6-1-3-9-16(14)18/h1-12,20H,13H2,(H,24,25)/b23-12+. The molecule has 0 aliphatic carbocycles. The molecule has 0 aliphatic heterocycles. The van der Waals surface area contributed by atoms with Gasteiger partial charge in [0.05, 0.1) is 12.0 Å². The molecule has 0 heterocycles. The van der Waals surface area contributed by atoms with Gasteiger partial charge in [-0.25, -0.2) is 5.43 Å². The molecule has 1 N–H and O–H groups in total. The van der Waals surface area contributed by atoms with E-state index in [0.717, 1.165) is 15.7 Å². The Morgan fingerprint density at radius 3 is 2.67 bits per heavy atom. The molecule has 0 unspecified atom stereocenters. The van der Waals surface area contributed by atoms with E-state index in [1.165, 1.54) is 24.0 Å². The van der Waals surface area contributed by atoms with Gasteiger partial charge >= 0.3 is 6.61 Å². The van der Waals surface area contributed by atoms with Crippen LogP contribution in [0.2, 0.25) is 0 Å². The molecule has 3 aromatic carbocycles. The van der Waals surface area contributed by atoms with E-state index in [-0.39, 0.29) is 17.4 Å². The molecule has 0 spiro atoms. The van der Waals surface area contributed by atoms with Crippen LogP contribution in [0.1, 0.15) is 5.56 Å². The quantitative estimate of drug-likeness (QED) is 0.364. The SMILES string of the molecule is O=C(CSc1cccc2ccccc12)N/N=C/c1ccccc1OC(F)F. The Bertz CT molecular complexity index is 958. The number of para-hydroxylation sites is 1. The third-order valence-electron chi connectivity index (χ3n) is 3.64. The summed E-state index contributed by atoms with van der Waals surface area (Å²) in [7, 11) is 0. The third kappa shape index (κ3) is 5.27. The molecule has 1 amide bonds. The lowest BCUT2D eigenvalue weighted by Crippen LogP contribution is -2.19. The van der Waals surface area contributed by atoms with Gasteiger partial charge in [0.15, 0.2) is 0 Å². The smallest absolute Gasteiger partial charge is 0.387 e. The number of benzene rings is 3. The van der Waals surface area contributed by atoms with Crippen molar-refractivity contribution in [1.82, 2.24) is 5.43 Å². The zero-order valence-electron chi connectivity index (χ0n) is 14.1. The van der Waals surface area contributed by atoms with Gasteiger partial charge in [0.25, 0.3) is 0 Å². The summed E-state index contributed by atoms with van der Waals surface area (Å²) in [5.41, 5.74) is 2.74. The molecule has 0 atom stereocenters. The van der Waals surface area contributed by atoms with E-state index in [1.807, 2.05) is 42.5 Å². The molecule has 0 saturated carbocycles. The van der Waals surface area contributed by atoms with Crippen LogP contribution in [0.15, 0.2) is 76.7 Å². The number of rotatable bonds is 7. The molecule has 0 fully saturated rings. The number of nitrogens with one attached hydrogen (secondary N) is 1. The van der Waals surface area contributed by atoms with E-state index in [1.54, 1.807) is 18.2 Å². The number of carbonyl (C=O) groups is 1. The van der Waals surface area contributed by atoms with Crippen molar-refractivity contribution in [2.45, 2.75) is 11.5 Å². The number of thioether (sulfide) groups is 1. The highest BCUT2D eigenvalue weighted by Gasteiger charge is 2.08. The fraction of sp³-hybridized carbons (Fsp3) is 0.100. The van der Waals surface area contributed by atoms with Gasteiger partial charge in [-0.2, -0.15) is 13.9 Å². The number of fused-ring (bicyclic) bond motifs is 1. The Balaban J connectivity index is 1.58. The van der Waals surface area contributed by atoms with Crippen LogP contribution in [-0.4, -0.2) is 24.5 Å². The molecule has 0 bridgehead atoms. The van der Waals surface area contributed by atoms with E-state index in [0.29, 0.717) is 5.56 Å². The molecule has 3 aromatic rings. The summed E-state index contributed by atoms with van der Waals surface area (Å²) in [5.74, 6) is -0.118. The number of carbonyl (C=O) groups excluding carboxylic acids is 1. The highest BCUT2D eigenvalue weighted by Crippen LogP contribution is 2.27. The van der Waals surface area contributed by atoms with Crippen LogP contribution in [0, 0.1) is 0 Å². The molecule has 4 nitrogen and oxygen atoms in total. The predicted octanol–water partition coefficient (Wildman–Crippen LogP) is 4.68. The van der Waals surface area contributed by atoms with Crippen LogP contribution < -0.4 is 10.2 Å². The van der Waals surface area contributed by atoms with E-state index < -0.39 is 6.61 Å². The number of nitrogens with zero attached hydrogens (tertiary/aromatic N) is 1. The first-order valence-corrected chi connectivity index (χ1v) is 9.08. The summed E-state index contributed by atoms with van der Waals surface area (Å²) in [6.07, 6.45) is 1.28.